The molecule has 6 nitrogen and oxygen atoms in total. The number of likely N-dealkylation sites (tertiary alicyclic amines) is 1. The average molecular weight is 407 g/mol. The first kappa shape index (κ1) is 18.3. The molecule has 29 heavy (non-hydrogen) atoms. The van der Waals surface area contributed by atoms with Crippen LogP contribution < -0.4 is 5.56 Å². The van der Waals surface area contributed by atoms with Gasteiger partial charge in [-0.05, 0) is 36.5 Å². The molecule has 1 spiro atoms. The highest BCUT2D eigenvalue weighted by molar-refractivity contribution is 7.15. The topological polar surface area (TPSA) is 75.3 Å². The third-order valence-corrected chi connectivity index (χ3v) is 7.18. The Bertz CT molecular complexity index is 1100. The van der Waals surface area contributed by atoms with Crippen molar-refractivity contribution >= 4 is 17.2 Å². The van der Waals surface area contributed by atoms with Gasteiger partial charge in [0.25, 0.3) is 11.5 Å². The van der Waals surface area contributed by atoms with Crippen LogP contribution in [0.4, 0.5) is 0 Å². The summed E-state index contributed by atoms with van der Waals surface area (Å²) in [6, 6.07) is 12.7. The molecule has 0 saturated carbocycles. The van der Waals surface area contributed by atoms with Crippen LogP contribution in [0.5, 0.6) is 0 Å². The van der Waals surface area contributed by atoms with Crippen molar-refractivity contribution in [2.45, 2.75) is 24.9 Å². The van der Waals surface area contributed by atoms with Gasteiger partial charge in [-0.2, -0.15) is 0 Å². The van der Waals surface area contributed by atoms with Gasteiger partial charge in [0.1, 0.15) is 11.3 Å². The van der Waals surface area contributed by atoms with Gasteiger partial charge in [0.15, 0.2) is 0 Å². The van der Waals surface area contributed by atoms with Gasteiger partial charge in [-0.1, -0.05) is 30.3 Å². The zero-order valence-electron chi connectivity index (χ0n) is 15.9. The molecule has 1 N–H and O–H groups in total. The number of carbonyl (C=O) groups is 1. The second-order valence-corrected chi connectivity index (χ2v) is 8.58. The molecular weight excluding hydrogens is 386 g/mol. The van der Waals surface area contributed by atoms with Crippen LogP contribution in [0.25, 0.3) is 10.4 Å². The Labute approximate surface area is 172 Å². The van der Waals surface area contributed by atoms with E-state index in [-0.39, 0.29) is 22.8 Å². The summed E-state index contributed by atoms with van der Waals surface area (Å²) >= 11 is 1.82. The molecule has 3 aromatic rings. The van der Waals surface area contributed by atoms with Crippen LogP contribution >= 0.6 is 11.3 Å². The van der Waals surface area contributed by atoms with Gasteiger partial charge < -0.3 is 14.6 Å². The Morgan fingerprint density at radius 3 is 2.72 bits per heavy atom. The van der Waals surface area contributed by atoms with E-state index in [9.17, 15) is 9.59 Å². The number of aromatic amines is 1. The molecule has 0 aliphatic carbocycles. The first-order valence-corrected chi connectivity index (χ1v) is 10.6. The molecule has 2 aromatic heterocycles. The van der Waals surface area contributed by atoms with Crippen LogP contribution in [0.3, 0.4) is 0 Å². The fourth-order valence-corrected chi connectivity index (χ4v) is 5.68. The van der Waals surface area contributed by atoms with Crippen molar-refractivity contribution in [3.63, 3.8) is 0 Å². The van der Waals surface area contributed by atoms with E-state index in [2.05, 4.69) is 40.3 Å². The quantitative estimate of drug-likeness (QED) is 0.708. The van der Waals surface area contributed by atoms with Crippen molar-refractivity contribution in [3.05, 3.63) is 75.3 Å². The predicted octanol–water partition coefficient (Wildman–Crippen LogP) is 3.20. The van der Waals surface area contributed by atoms with Gasteiger partial charge in [0.05, 0.1) is 19.0 Å². The molecule has 2 aliphatic heterocycles. The van der Waals surface area contributed by atoms with E-state index in [1.165, 1.54) is 33.3 Å². The van der Waals surface area contributed by atoms with Crippen LogP contribution in [-0.4, -0.2) is 40.5 Å². The van der Waals surface area contributed by atoms with E-state index in [4.69, 9.17) is 4.74 Å². The van der Waals surface area contributed by atoms with E-state index in [1.54, 1.807) is 4.90 Å². The van der Waals surface area contributed by atoms with Crippen LogP contribution in [0, 0.1) is 0 Å². The first-order chi connectivity index (χ1) is 14.1. The summed E-state index contributed by atoms with van der Waals surface area (Å²) in [6.07, 6.45) is 5.02. The van der Waals surface area contributed by atoms with Crippen molar-refractivity contribution in [3.8, 4) is 10.4 Å². The number of carbonyl (C=O) groups excluding carboxylic acids is 1. The van der Waals surface area contributed by atoms with Crippen molar-refractivity contribution in [2.24, 2.45) is 0 Å². The monoisotopic (exact) mass is 407 g/mol. The summed E-state index contributed by atoms with van der Waals surface area (Å²) in [4.78, 5) is 35.0. The molecular formula is C22H21N3O3S. The molecule has 0 atom stereocenters. The van der Waals surface area contributed by atoms with Crippen LogP contribution in [0.15, 0.2) is 53.6 Å². The zero-order chi connectivity index (χ0) is 19.8. The second kappa shape index (κ2) is 7.24. The molecule has 0 radical (unpaired) electrons. The fraction of sp³-hybridized carbons (Fsp3) is 0.318. The summed E-state index contributed by atoms with van der Waals surface area (Å²) in [7, 11) is 0. The number of benzene rings is 1. The molecule has 4 heterocycles. The highest BCUT2D eigenvalue weighted by atomic mass is 32.1. The van der Waals surface area contributed by atoms with Crippen LogP contribution in [-0.2, 0) is 16.8 Å². The minimum absolute atomic E-state index is 0.183. The van der Waals surface area contributed by atoms with Crippen molar-refractivity contribution in [2.75, 3.05) is 19.7 Å². The molecule has 148 valence electrons. The van der Waals surface area contributed by atoms with Gasteiger partial charge >= 0.3 is 0 Å². The van der Waals surface area contributed by atoms with Crippen LogP contribution in [0.2, 0.25) is 0 Å². The number of nitrogens with zero attached hydrogens (tertiary/aromatic N) is 2. The number of thiophene rings is 1. The minimum Gasteiger partial charge on any atom is -0.369 e. The lowest BCUT2D eigenvalue weighted by atomic mass is 9.85. The molecule has 0 bridgehead atoms. The number of H-pyrrole nitrogens is 1. The largest absolute Gasteiger partial charge is 0.369 e. The summed E-state index contributed by atoms with van der Waals surface area (Å²) in [5.41, 5.74) is 2.16. The summed E-state index contributed by atoms with van der Waals surface area (Å²) in [5.74, 6) is -0.183. The summed E-state index contributed by atoms with van der Waals surface area (Å²) < 4.78 is 6.34. The normalized spacial score (nSPS) is 17.9. The lowest BCUT2D eigenvalue weighted by molar-refractivity contribution is -0.0906. The van der Waals surface area contributed by atoms with Gasteiger partial charge in [-0.25, -0.2) is 0 Å². The van der Waals surface area contributed by atoms with E-state index >= 15 is 0 Å². The molecule has 1 amide bonds. The SMILES string of the molecule is O=C(c1cncc(=O)[nH]1)N1CCC2(CC1)OCCc1cc(-c3ccccc3)sc12. The van der Waals surface area contributed by atoms with E-state index in [1.807, 2.05) is 17.4 Å². The molecule has 1 saturated heterocycles. The van der Waals surface area contributed by atoms with Gasteiger partial charge in [0.2, 0.25) is 0 Å². The third kappa shape index (κ3) is 3.30. The Kier molecular flexibility index (Phi) is 4.56. The van der Waals surface area contributed by atoms with Gasteiger partial charge in [-0.15, -0.1) is 11.3 Å². The van der Waals surface area contributed by atoms with E-state index in [0.717, 1.165) is 19.3 Å². The highest BCUT2D eigenvalue weighted by Gasteiger charge is 2.43. The number of amides is 1. The lowest BCUT2D eigenvalue weighted by Gasteiger charge is -2.43. The number of hydrogen-bond donors (Lipinski definition) is 1. The Morgan fingerprint density at radius 1 is 1.17 bits per heavy atom. The summed E-state index contributed by atoms with van der Waals surface area (Å²) in [5, 5.41) is 0. The average Bonchev–Trinajstić information content (AvgIpc) is 3.21. The number of piperidine rings is 1. The van der Waals surface area contributed by atoms with Crippen molar-refractivity contribution < 1.29 is 9.53 Å². The van der Waals surface area contributed by atoms with Gasteiger partial charge in [0, 0.05) is 22.8 Å². The molecule has 1 aromatic carbocycles. The standard InChI is InChI=1S/C22H21N3O3S/c26-19-14-23-13-17(24-19)21(27)25-9-7-22(8-10-25)20-16(6-11-28-22)12-18(29-20)15-4-2-1-3-5-15/h1-5,12-14H,6-11H2,(H,24,26). The zero-order valence-corrected chi connectivity index (χ0v) is 16.7. The third-order valence-electron chi connectivity index (χ3n) is 5.77. The maximum Gasteiger partial charge on any atom is 0.271 e. The van der Waals surface area contributed by atoms with E-state index < -0.39 is 0 Å². The van der Waals surface area contributed by atoms with E-state index in [0.29, 0.717) is 19.7 Å². The molecule has 0 unspecified atom stereocenters. The second-order valence-electron chi connectivity index (χ2n) is 7.53. The Balaban J connectivity index is 1.38. The number of hydrogen-bond acceptors (Lipinski definition) is 5. The first-order valence-electron chi connectivity index (χ1n) is 9.81. The number of ether oxygens (including phenoxy) is 1. The van der Waals surface area contributed by atoms with Crippen molar-refractivity contribution in [1.82, 2.24) is 14.9 Å². The predicted molar refractivity (Wildman–Crippen MR) is 111 cm³/mol. The van der Waals surface area contributed by atoms with Crippen LogP contribution in [0.1, 0.15) is 33.8 Å². The van der Waals surface area contributed by atoms with Gasteiger partial charge in [-0.3, -0.25) is 14.6 Å². The maximum absolute atomic E-state index is 12.7. The molecule has 2 aliphatic rings. The highest BCUT2D eigenvalue weighted by Crippen LogP contribution is 2.47. The Hall–Kier alpha value is -2.77. The Morgan fingerprint density at radius 2 is 1.97 bits per heavy atom. The fourth-order valence-electron chi connectivity index (χ4n) is 4.26. The molecule has 7 heteroatoms. The maximum atomic E-state index is 12.7. The number of rotatable bonds is 2. The lowest BCUT2D eigenvalue weighted by Crippen LogP contribution is -2.48. The smallest absolute Gasteiger partial charge is 0.271 e. The number of nitrogens with one attached hydrogen (secondary N) is 1. The van der Waals surface area contributed by atoms with Crippen molar-refractivity contribution in [1.29, 1.82) is 0 Å². The molecule has 1 fully saturated rings. The molecule has 5 rings (SSSR count). The minimum atomic E-state index is -0.364. The summed E-state index contributed by atoms with van der Waals surface area (Å²) in [6.45, 7) is 1.89. The number of fused-ring (bicyclic) bond motifs is 2. The number of aromatic nitrogens is 2.